The van der Waals surface area contributed by atoms with Gasteiger partial charge in [-0.05, 0) is 53.6 Å². The molecule has 1 fully saturated rings. The van der Waals surface area contributed by atoms with Crippen LogP contribution in [-0.4, -0.2) is 56.8 Å². The van der Waals surface area contributed by atoms with E-state index in [-0.39, 0.29) is 0 Å². The molecule has 1 rings (SSSR count). The van der Waals surface area contributed by atoms with Gasteiger partial charge in [0.2, 0.25) is 10.0 Å². The lowest BCUT2D eigenvalue weighted by atomic mass is 10.0. The Hall–Kier alpha value is -0.170. The molecule has 6 heteroatoms. The van der Waals surface area contributed by atoms with Gasteiger partial charge in [-0.2, -0.15) is 0 Å². The summed E-state index contributed by atoms with van der Waals surface area (Å²) in [6.07, 6.45) is 3.47. The maximum absolute atomic E-state index is 11.3. The van der Waals surface area contributed by atoms with E-state index in [1.807, 2.05) is 13.8 Å². The zero-order valence-electron chi connectivity index (χ0n) is 12.9. The minimum Gasteiger partial charge on any atom is -0.312 e. The van der Waals surface area contributed by atoms with Crippen LogP contribution < -0.4 is 10.0 Å². The molecule has 0 aliphatic carbocycles. The molecule has 19 heavy (non-hydrogen) atoms. The summed E-state index contributed by atoms with van der Waals surface area (Å²) < 4.78 is 25.2. The van der Waals surface area contributed by atoms with Crippen LogP contribution >= 0.6 is 0 Å². The van der Waals surface area contributed by atoms with Gasteiger partial charge < -0.3 is 10.2 Å². The van der Waals surface area contributed by atoms with E-state index in [9.17, 15) is 8.42 Å². The van der Waals surface area contributed by atoms with E-state index in [2.05, 4.69) is 28.8 Å². The molecule has 0 aromatic heterocycles. The van der Waals surface area contributed by atoms with Gasteiger partial charge in [-0.1, -0.05) is 0 Å². The van der Waals surface area contributed by atoms with Gasteiger partial charge >= 0.3 is 0 Å². The highest BCUT2D eigenvalue weighted by Crippen LogP contribution is 2.13. The van der Waals surface area contributed by atoms with Crippen molar-refractivity contribution in [1.29, 1.82) is 0 Å². The van der Waals surface area contributed by atoms with E-state index in [1.54, 1.807) is 0 Å². The van der Waals surface area contributed by atoms with E-state index in [4.69, 9.17) is 0 Å². The minimum absolute atomic E-state index is 0.442. The molecule has 5 nitrogen and oxygen atoms in total. The molecule has 0 unspecified atom stereocenters. The highest BCUT2D eigenvalue weighted by molar-refractivity contribution is 7.88. The maximum atomic E-state index is 11.3. The number of rotatable bonds is 6. The zero-order chi connectivity index (χ0) is 14.7. The highest BCUT2D eigenvalue weighted by Gasteiger charge is 2.25. The summed E-state index contributed by atoms with van der Waals surface area (Å²) in [4.78, 5) is 2.48. The van der Waals surface area contributed by atoms with Crippen molar-refractivity contribution in [1.82, 2.24) is 14.9 Å². The molecule has 1 heterocycles. The Morgan fingerprint density at radius 1 is 1.26 bits per heavy atom. The average molecular weight is 291 g/mol. The first-order valence-corrected chi connectivity index (χ1v) is 8.94. The van der Waals surface area contributed by atoms with Gasteiger partial charge in [0.05, 0.1) is 6.26 Å². The molecule has 1 saturated heterocycles. The van der Waals surface area contributed by atoms with Crippen molar-refractivity contribution in [2.45, 2.75) is 58.2 Å². The summed E-state index contributed by atoms with van der Waals surface area (Å²) in [5.74, 6) is 0. The molecule has 0 amide bonds. The number of hydrogen-bond donors (Lipinski definition) is 2. The second kappa shape index (κ2) is 6.52. The molecule has 2 N–H and O–H groups in total. The van der Waals surface area contributed by atoms with Crippen LogP contribution in [0.15, 0.2) is 0 Å². The molecule has 0 aromatic carbocycles. The summed E-state index contributed by atoms with van der Waals surface area (Å²) in [7, 11) is -3.15. The summed E-state index contributed by atoms with van der Waals surface area (Å²) in [5.41, 5.74) is -0.442. The fraction of sp³-hybridized carbons (Fsp3) is 1.00. The van der Waals surface area contributed by atoms with Crippen LogP contribution in [0.25, 0.3) is 0 Å². The quantitative estimate of drug-likeness (QED) is 0.759. The fourth-order valence-electron chi connectivity index (χ4n) is 2.56. The van der Waals surface area contributed by atoms with Crippen molar-refractivity contribution in [2.75, 3.05) is 25.9 Å². The van der Waals surface area contributed by atoms with E-state index < -0.39 is 15.6 Å². The lowest BCUT2D eigenvalue weighted by Crippen LogP contribution is -2.53. The molecule has 0 aromatic rings. The average Bonchev–Trinajstić information content (AvgIpc) is 2.24. The maximum Gasteiger partial charge on any atom is 0.209 e. The third-order valence-electron chi connectivity index (χ3n) is 3.55. The molecule has 0 radical (unpaired) electrons. The molecule has 0 spiro atoms. The van der Waals surface area contributed by atoms with Crippen LogP contribution in [0.3, 0.4) is 0 Å². The van der Waals surface area contributed by atoms with Gasteiger partial charge in [0.1, 0.15) is 0 Å². The second-order valence-corrected chi connectivity index (χ2v) is 8.29. The number of sulfonamides is 1. The Labute approximate surface area is 118 Å². The third kappa shape index (κ3) is 6.70. The van der Waals surface area contributed by atoms with Crippen molar-refractivity contribution in [3.63, 3.8) is 0 Å². The highest BCUT2D eigenvalue weighted by atomic mass is 32.2. The normalized spacial score (nSPS) is 20.1. The molecule has 1 aliphatic heterocycles. The van der Waals surface area contributed by atoms with Crippen LogP contribution in [0, 0.1) is 0 Å². The Bertz CT molecular complexity index is 371. The van der Waals surface area contributed by atoms with Crippen molar-refractivity contribution in [2.24, 2.45) is 0 Å². The number of piperidine rings is 1. The van der Waals surface area contributed by atoms with Crippen molar-refractivity contribution >= 4 is 10.0 Å². The molecular weight excluding hydrogens is 262 g/mol. The van der Waals surface area contributed by atoms with E-state index in [0.717, 1.165) is 25.9 Å². The predicted molar refractivity (Wildman–Crippen MR) is 79.8 cm³/mol. The second-order valence-electron chi connectivity index (χ2n) is 6.54. The van der Waals surface area contributed by atoms with Gasteiger partial charge in [0.15, 0.2) is 0 Å². The van der Waals surface area contributed by atoms with Gasteiger partial charge in [0.25, 0.3) is 0 Å². The first kappa shape index (κ1) is 16.9. The van der Waals surface area contributed by atoms with Crippen LogP contribution in [-0.2, 0) is 10.0 Å². The number of nitrogens with one attached hydrogen (secondary N) is 2. The van der Waals surface area contributed by atoms with Gasteiger partial charge in [-0.25, -0.2) is 13.1 Å². The van der Waals surface area contributed by atoms with Gasteiger partial charge in [-0.3, -0.25) is 0 Å². The topological polar surface area (TPSA) is 61.4 Å². The van der Waals surface area contributed by atoms with Crippen molar-refractivity contribution in [3.05, 3.63) is 0 Å². The first-order chi connectivity index (χ1) is 8.59. The fourth-order valence-corrected chi connectivity index (χ4v) is 3.63. The molecule has 0 saturated carbocycles. The van der Waals surface area contributed by atoms with E-state index >= 15 is 0 Å². The Balaban J connectivity index is 2.34. The monoisotopic (exact) mass is 291 g/mol. The summed E-state index contributed by atoms with van der Waals surface area (Å²) in [6.45, 7) is 11.2. The number of nitrogens with zero attached hydrogens (tertiary/aromatic N) is 1. The molecular formula is C13H29N3O2S. The minimum atomic E-state index is -3.15. The lowest BCUT2D eigenvalue weighted by molar-refractivity contribution is 0.158. The Morgan fingerprint density at radius 2 is 1.79 bits per heavy atom. The van der Waals surface area contributed by atoms with Crippen LogP contribution in [0.5, 0.6) is 0 Å². The lowest BCUT2D eigenvalue weighted by Gasteiger charge is -2.36. The summed E-state index contributed by atoms with van der Waals surface area (Å²) >= 11 is 0. The molecule has 1 aliphatic rings. The van der Waals surface area contributed by atoms with Crippen LogP contribution in [0.2, 0.25) is 0 Å². The predicted octanol–water partition coefficient (Wildman–Crippen LogP) is 0.777. The van der Waals surface area contributed by atoms with Crippen LogP contribution in [0.1, 0.15) is 40.5 Å². The summed E-state index contributed by atoms with van der Waals surface area (Å²) in [5, 5.41) is 3.49. The SMILES string of the molecule is CC(C)N1CCC(NCC(C)(C)NS(C)(=O)=O)CC1. The molecule has 0 atom stereocenters. The first-order valence-electron chi connectivity index (χ1n) is 7.05. The zero-order valence-corrected chi connectivity index (χ0v) is 13.7. The standard InChI is InChI=1S/C13H29N3O2S/c1-11(2)16-8-6-12(7-9-16)14-10-13(3,4)15-19(5,17)18/h11-12,14-15H,6-10H2,1-5H3. The Morgan fingerprint density at radius 3 is 2.21 bits per heavy atom. The largest absolute Gasteiger partial charge is 0.312 e. The van der Waals surface area contributed by atoms with Crippen LogP contribution in [0.4, 0.5) is 0 Å². The smallest absolute Gasteiger partial charge is 0.209 e. The van der Waals surface area contributed by atoms with Gasteiger partial charge in [0, 0.05) is 24.2 Å². The van der Waals surface area contributed by atoms with Gasteiger partial charge in [-0.15, -0.1) is 0 Å². The summed E-state index contributed by atoms with van der Waals surface area (Å²) in [6, 6.07) is 1.11. The molecule has 0 bridgehead atoms. The number of hydrogen-bond acceptors (Lipinski definition) is 4. The Kier molecular flexibility index (Phi) is 5.79. The van der Waals surface area contributed by atoms with Crippen molar-refractivity contribution in [3.8, 4) is 0 Å². The molecule has 114 valence electrons. The van der Waals surface area contributed by atoms with E-state index in [1.165, 1.54) is 6.26 Å². The third-order valence-corrected chi connectivity index (χ3v) is 4.48. The number of likely N-dealkylation sites (tertiary alicyclic amines) is 1. The van der Waals surface area contributed by atoms with E-state index in [0.29, 0.717) is 18.6 Å². The van der Waals surface area contributed by atoms with Crippen molar-refractivity contribution < 1.29 is 8.42 Å².